The Morgan fingerprint density at radius 2 is 2.22 bits per heavy atom. The normalized spacial score (nSPS) is 16.8. The number of aliphatic hydroxyl groups excluding tert-OH is 1. The number of ether oxygens (including phenoxy) is 1. The zero-order chi connectivity index (χ0) is 12.8. The Morgan fingerprint density at radius 3 is 2.83 bits per heavy atom. The summed E-state index contributed by atoms with van der Waals surface area (Å²) in [4.78, 5) is 21.7. The van der Waals surface area contributed by atoms with Crippen LogP contribution in [0.25, 0.3) is 0 Å². The van der Waals surface area contributed by atoms with Crippen LogP contribution in [0.4, 0.5) is 0 Å². The Kier molecular flexibility index (Phi) is 4.60. The van der Waals surface area contributed by atoms with E-state index in [2.05, 4.69) is 9.97 Å². The molecular weight excluding hydrogens is 234 g/mol. The molecule has 0 saturated carbocycles. The van der Waals surface area contributed by atoms with Crippen molar-refractivity contribution >= 4 is 5.91 Å². The first-order valence-corrected chi connectivity index (χ1v) is 6.09. The van der Waals surface area contributed by atoms with Crippen molar-refractivity contribution in [3.63, 3.8) is 0 Å². The second kappa shape index (κ2) is 6.42. The molecule has 1 aromatic heterocycles. The van der Waals surface area contributed by atoms with Crippen LogP contribution in [-0.2, 0) is 4.74 Å². The number of amides is 1. The van der Waals surface area contributed by atoms with Crippen LogP contribution < -0.4 is 0 Å². The van der Waals surface area contributed by atoms with E-state index < -0.39 is 0 Å². The van der Waals surface area contributed by atoms with E-state index in [1.807, 2.05) is 0 Å². The van der Waals surface area contributed by atoms with Gasteiger partial charge in [-0.1, -0.05) is 0 Å². The summed E-state index contributed by atoms with van der Waals surface area (Å²) in [6.07, 6.45) is 6.29. The fraction of sp³-hybridized carbons (Fsp3) is 0.583. The lowest BCUT2D eigenvalue weighted by Gasteiger charge is -2.31. The molecular formula is C12H17N3O3. The minimum absolute atomic E-state index is 0.0404. The number of likely N-dealkylation sites (tertiary alicyclic amines) is 1. The van der Waals surface area contributed by atoms with E-state index in [0.717, 1.165) is 12.8 Å². The van der Waals surface area contributed by atoms with Gasteiger partial charge in [0.2, 0.25) is 0 Å². The number of hydrogen-bond acceptors (Lipinski definition) is 5. The molecule has 1 aliphatic heterocycles. The molecule has 1 aromatic rings. The van der Waals surface area contributed by atoms with Gasteiger partial charge in [0.25, 0.3) is 5.91 Å². The molecule has 98 valence electrons. The molecule has 1 aliphatic rings. The van der Waals surface area contributed by atoms with Crippen LogP contribution in [0.15, 0.2) is 18.6 Å². The predicted octanol–water partition coefficient (Wildman–Crippen LogP) is 0.0901. The molecule has 0 bridgehead atoms. The van der Waals surface area contributed by atoms with Gasteiger partial charge < -0.3 is 14.7 Å². The van der Waals surface area contributed by atoms with Gasteiger partial charge in [-0.2, -0.15) is 0 Å². The molecule has 2 rings (SSSR count). The lowest BCUT2D eigenvalue weighted by atomic mass is 10.1. The molecule has 0 atom stereocenters. The Labute approximate surface area is 106 Å². The Balaban J connectivity index is 1.84. The number of aliphatic hydroxyl groups is 1. The van der Waals surface area contributed by atoms with Crippen molar-refractivity contribution in [1.82, 2.24) is 14.9 Å². The maximum Gasteiger partial charge on any atom is 0.274 e. The van der Waals surface area contributed by atoms with E-state index in [1.54, 1.807) is 11.1 Å². The SMILES string of the molecule is O=C(c1cnccn1)N1CCC(OCCO)CC1. The van der Waals surface area contributed by atoms with E-state index in [0.29, 0.717) is 25.4 Å². The molecule has 1 amide bonds. The molecule has 1 N–H and O–H groups in total. The lowest BCUT2D eigenvalue weighted by molar-refractivity contribution is -0.00565. The van der Waals surface area contributed by atoms with Gasteiger partial charge in [-0.25, -0.2) is 4.98 Å². The highest BCUT2D eigenvalue weighted by molar-refractivity contribution is 5.92. The summed E-state index contributed by atoms with van der Waals surface area (Å²) < 4.78 is 5.45. The Bertz CT molecular complexity index is 377. The minimum Gasteiger partial charge on any atom is -0.394 e. The fourth-order valence-electron chi connectivity index (χ4n) is 2.02. The molecule has 0 aliphatic carbocycles. The van der Waals surface area contributed by atoms with Gasteiger partial charge >= 0.3 is 0 Å². The van der Waals surface area contributed by atoms with Crippen molar-refractivity contribution in [3.05, 3.63) is 24.3 Å². The number of carbonyl (C=O) groups excluding carboxylic acids is 1. The molecule has 18 heavy (non-hydrogen) atoms. The summed E-state index contributed by atoms with van der Waals surface area (Å²) in [7, 11) is 0. The van der Waals surface area contributed by atoms with Crippen LogP contribution in [0.1, 0.15) is 23.3 Å². The monoisotopic (exact) mass is 251 g/mol. The van der Waals surface area contributed by atoms with Gasteiger partial charge in [-0.3, -0.25) is 9.78 Å². The van der Waals surface area contributed by atoms with Gasteiger partial charge in [0.1, 0.15) is 5.69 Å². The molecule has 1 fully saturated rings. The topological polar surface area (TPSA) is 75.6 Å². The summed E-state index contributed by atoms with van der Waals surface area (Å²) in [6.45, 7) is 1.72. The highest BCUT2D eigenvalue weighted by Gasteiger charge is 2.24. The van der Waals surface area contributed by atoms with Gasteiger partial charge in [0, 0.05) is 25.5 Å². The quantitative estimate of drug-likeness (QED) is 0.820. The molecule has 0 radical (unpaired) electrons. The smallest absolute Gasteiger partial charge is 0.274 e. The van der Waals surface area contributed by atoms with E-state index in [1.165, 1.54) is 12.4 Å². The van der Waals surface area contributed by atoms with E-state index >= 15 is 0 Å². The molecule has 1 saturated heterocycles. The third-order valence-corrected chi connectivity index (χ3v) is 2.96. The molecule has 6 heteroatoms. The van der Waals surface area contributed by atoms with Crippen LogP contribution in [-0.4, -0.2) is 58.3 Å². The summed E-state index contributed by atoms with van der Waals surface area (Å²) in [5.74, 6) is -0.0799. The van der Waals surface area contributed by atoms with E-state index in [-0.39, 0.29) is 18.6 Å². The highest BCUT2D eigenvalue weighted by Crippen LogP contribution is 2.15. The maximum atomic E-state index is 12.1. The van der Waals surface area contributed by atoms with Crippen LogP contribution in [0.5, 0.6) is 0 Å². The standard InChI is InChI=1S/C12H17N3O3/c16-7-8-18-10-1-5-15(6-2-10)12(17)11-9-13-3-4-14-11/h3-4,9-10,16H,1-2,5-8H2. The van der Waals surface area contributed by atoms with Crippen LogP contribution in [0.3, 0.4) is 0 Å². The first kappa shape index (κ1) is 12.9. The van der Waals surface area contributed by atoms with Crippen molar-refractivity contribution in [3.8, 4) is 0 Å². The van der Waals surface area contributed by atoms with Crippen LogP contribution in [0, 0.1) is 0 Å². The summed E-state index contributed by atoms with van der Waals surface area (Å²) in [5, 5.41) is 8.68. The Morgan fingerprint density at radius 1 is 1.44 bits per heavy atom. The molecule has 0 spiro atoms. The summed E-state index contributed by atoms with van der Waals surface area (Å²) >= 11 is 0. The van der Waals surface area contributed by atoms with Crippen molar-refractivity contribution in [2.45, 2.75) is 18.9 Å². The van der Waals surface area contributed by atoms with E-state index in [9.17, 15) is 4.79 Å². The highest BCUT2D eigenvalue weighted by atomic mass is 16.5. The summed E-state index contributed by atoms with van der Waals surface area (Å²) in [6, 6.07) is 0. The van der Waals surface area contributed by atoms with Gasteiger partial charge in [-0.05, 0) is 12.8 Å². The molecule has 6 nitrogen and oxygen atoms in total. The predicted molar refractivity (Wildman–Crippen MR) is 64.0 cm³/mol. The largest absolute Gasteiger partial charge is 0.394 e. The van der Waals surface area contributed by atoms with Gasteiger partial charge in [0.05, 0.1) is 25.5 Å². The minimum atomic E-state index is -0.0799. The number of aromatic nitrogens is 2. The number of piperidine rings is 1. The third kappa shape index (κ3) is 3.24. The first-order valence-electron chi connectivity index (χ1n) is 6.09. The Hall–Kier alpha value is -1.53. The third-order valence-electron chi connectivity index (χ3n) is 2.96. The van der Waals surface area contributed by atoms with Gasteiger partial charge in [-0.15, -0.1) is 0 Å². The van der Waals surface area contributed by atoms with Gasteiger partial charge in [0.15, 0.2) is 0 Å². The maximum absolute atomic E-state index is 12.1. The number of nitrogens with zero attached hydrogens (tertiary/aromatic N) is 3. The zero-order valence-corrected chi connectivity index (χ0v) is 10.2. The first-order chi connectivity index (χ1) is 8.81. The average Bonchev–Trinajstić information content (AvgIpc) is 2.46. The van der Waals surface area contributed by atoms with E-state index in [4.69, 9.17) is 9.84 Å². The van der Waals surface area contributed by atoms with Crippen LogP contribution >= 0.6 is 0 Å². The number of carbonyl (C=O) groups is 1. The average molecular weight is 251 g/mol. The molecule has 0 aromatic carbocycles. The zero-order valence-electron chi connectivity index (χ0n) is 10.2. The van der Waals surface area contributed by atoms with Crippen molar-refractivity contribution in [2.24, 2.45) is 0 Å². The number of rotatable bonds is 4. The lowest BCUT2D eigenvalue weighted by Crippen LogP contribution is -2.41. The van der Waals surface area contributed by atoms with Crippen molar-refractivity contribution < 1.29 is 14.6 Å². The second-order valence-electron chi connectivity index (χ2n) is 4.18. The number of hydrogen-bond donors (Lipinski definition) is 1. The molecule has 0 unspecified atom stereocenters. The van der Waals surface area contributed by atoms with Crippen molar-refractivity contribution in [1.29, 1.82) is 0 Å². The van der Waals surface area contributed by atoms with Crippen molar-refractivity contribution in [2.75, 3.05) is 26.3 Å². The molecule has 2 heterocycles. The van der Waals surface area contributed by atoms with Crippen LogP contribution in [0.2, 0.25) is 0 Å². The summed E-state index contributed by atoms with van der Waals surface area (Å²) in [5.41, 5.74) is 0.382. The second-order valence-corrected chi connectivity index (χ2v) is 4.18. The fourth-order valence-corrected chi connectivity index (χ4v) is 2.02.